The van der Waals surface area contributed by atoms with E-state index in [1.807, 2.05) is 6.07 Å². The van der Waals surface area contributed by atoms with Crippen LogP contribution < -0.4 is 4.74 Å². The molecule has 0 atom stereocenters. The van der Waals surface area contributed by atoms with Crippen molar-refractivity contribution in [2.75, 3.05) is 0 Å². The molecule has 0 bridgehead atoms. The smallest absolute Gasteiger partial charge is 0.335 e. The Morgan fingerprint density at radius 3 is 2.79 bits per heavy atom. The fourth-order valence-electron chi connectivity index (χ4n) is 1.39. The molecule has 0 saturated heterocycles. The lowest BCUT2D eigenvalue weighted by molar-refractivity contribution is 0.0697. The van der Waals surface area contributed by atoms with Gasteiger partial charge in [-0.2, -0.15) is 5.26 Å². The van der Waals surface area contributed by atoms with Gasteiger partial charge in [0.15, 0.2) is 11.4 Å². The Kier molecular flexibility index (Phi) is 3.64. The van der Waals surface area contributed by atoms with Crippen molar-refractivity contribution < 1.29 is 14.6 Å². The second-order valence-corrected chi connectivity index (χ2v) is 3.92. The minimum Gasteiger partial charge on any atom is -0.478 e. The Morgan fingerprint density at radius 1 is 1.37 bits per heavy atom. The van der Waals surface area contributed by atoms with Crippen LogP contribution in [0.3, 0.4) is 0 Å². The third kappa shape index (κ3) is 2.81. The van der Waals surface area contributed by atoms with Gasteiger partial charge in [-0.3, -0.25) is 0 Å². The number of aromatic nitrogens is 1. The third-order valence-corrected chi connectivity index (χ3v) is 2.57. The number of benzene rings is 1. The number of carbonyl (C=O) groups is 1. The number of ether oxygens (including phenoxy) is 1. The van der Waals surface area contributed by atoms with Crippen LogP contribution in [-0.2, 0) is 0 Å². The predicted octanol–water partition coefficient (Wildman–Crippen LogP) is 3.10. The van der Waals surface area contributed by atoms with Crippen LogP contribution in [0.2, 0.25) is 5.02 Å². The van der Waals surface area contributed by atoms with Crippen molar-refractivity contribution in [3.05, 3.63) is 52.8 Å². The van der Waals surface area contributed by atoms with Crippen LogP contribution >= 0.6 is 11.6 Å². The zero-order valence-electron chi connectivity index (χ0n) is 9.50. The van der Waals surface area contributed by atoms with Crippen LogP contribution in [0.25, 0.3) is 0 Å². The number of hydrogen-bond donors (Lipinski definition) is 1. The Labute approximate surface area is 113 Å². The number of carboxylic acid groups (broad SMARTS) is 1. The van der Waals surface area contributed by atoms with Gasteiger partial charge in [0.25, 0.3) is 0 Å². The molecule has 19 heavy (non-hydrogen) atoms. The van der Waals surface area contributed by atoms with E-state index in [1.165, 1.54) is 24.4 Å². The Hall–Kier alpha value is -2.58. The van der Waals surface area contributed by atoms with Gasteiger partial charge < -0.3 is 9.84 Å². The van der Waals surface area contributed by atoms with Crippen molar-refractivity contribution in [2.45, 2.75) is 0 Å². The number of hydrogen-bond acceptors (Lipinski definition) is 4. The quantitative estimate of drug-likeness (QED) is 0.930. The predicted molar refractivity (Wildman–Crippen MR) is 67.4 cm³/mol. The van der Waals surface area contributed by atoms with Crippen molar-refractivity contribution in [1.29, 1.82) is 5.26 Å². The lowest BCUT2D eigenvalue weighted by Gasteiger charge is -2.08. The van der Waals surface area contributed by atoms with Crippen molar-refractivity contribution in [3.8, 4) is 17.6 Å². The topological polar surface area (TPSA) is 83.2 Å². The molecular weight excluding hydrogens is 268 g/mol. The molecular formula is C13H7ClN2O3. The fourth-order valence-corrected chi connectivity index (χ4v) is 1.61. The summed E-state index contributed by atoms with van der Waals surface area (Å²) in [6.45, 7) is 0. The van der Waals surface area contributed by atoms with Gasteiger partial charge in [0.2, 0.25) is 0 Å². The monoisotopic (exact) mass is 274 g/mol. The third-order valence-electron chi connectivity index (χ3n) is 2.28. The van der Waals surface area contributed by atoms with Crippen LogP contribution in [0.5, 0.6) is 11.5 Å². The average molecular weight is 275 g/mol. The number of halogens is 1. The standard InChI is InChI=1S/C13H7ClN2O3/c14-9-6-8(13(17)18)3-4-11(9)19-12-2-1-5-16-10(12)7-15/h1-6H,(H,17,18). The van der Waals surface area contributed by atoms with Gasteiger partial charge in [-0.15, -0.1) is 0 Å². The van der Waals surface area contributed by atoms with E-state index < -0.39 is 5.97 Å². The van der Waals surface area contributed by atoms with Crippen LogP contribution in [0, 0.1) is 11.3 Å². The van der Waals surface area contributed by atoms with Gasteiger partial charge >= 0.3 is 5.97 Å². The number of nitriles is 1. The van der Waals surface area contributed by atoms with Gasteiger partial charge in [0, 0.05) is 6.20 Å². The first-order valence-electron chi connectivity index (χ1n) is 5.17. The molecule has 6 heteroatoms. The zero-order valence-corrected chi connectivity index (χ0v) is 10.3. The molecule has 94 valence electrons. The first kappa shape index (κ1) is 12.9. The molecule has 1 N–H and O–H groups in total. The Morgan fingerprint density at radius 2 is 2.16 bits per heavy atom. The lowest BCUT2D eigenvalue weighted by Crippen LogP contribution is -1.97. The highest BCUT2D eigenvalue weighted by Crippen LogP contribution is 2.31. The summed E-state index contributed by atoms with van der Waals surface area (Å²) in [6, 6.07) is 9.17. The first-order valence-corrected chi connectivity index (χ1v) is 5.55. The van der Waals surface area contributed by atoms with Gasteiger partial charge in [-0.05, 0) is 30.3 Å². The molecule has 0 amide bonds. The van der Waals surface area contributed by atoms with Gasteiger partial charge in [-0.1, -0.05) is 11.6 Å². The van der Waals surface area contributed by atoms with E-state index in [4.69, 9.17) is 26.7 Å². The maximum absolute atomic E-state index is 10.8. The number of carboxylic acids is 1. The fraction of sp³-hybridized carbons (Fsp3) is 0. The molecule has 2 rings (SSSR count). The molecule has 5 nitrogen and oxygen atoms in total. The molecule has 1 aromatic heterocycles. The molecule has 2 aromatic rings. The molecule has 1 aromatic carbocycles. The summed E-state index contributed by atoms with van der Waals surface area (Å²) < 4.78 is 5.46. The summed E-state index contributed by atoms with van der Waals surface area (Å²) >= 11 is 5.93. The largest absolute Gasteiger partial charge is 0.478 e. The van der Waals surface area contributed by atoms with Crippen molar-refractivity contribution in [1.82, 2.24) is 4.98 Å². The normalized spacial score (nSPS) is 9.68. The summed E-state index contributed by atoms with van der Waals surface area (Å²) in [5.74, 6) is -0.557. The van der Waals surface area contributed by atoms with E-state index in [1.54, 1.807) is 12.1 Å². The average Bonchev–Trinajstić information content (AvgIpc) is 2.41. The summed E-state index contributed by atoms with van der Waals surface area (Å²) in [5.41, 5.74) is 0.185. The highest BCUT2D eigenvalue weighted by molar-refractivity contribution is 6.32. The van der Waals surface area contributed by atoms with Crippen LogP contribution in [-0.4, -0.2) is 16.1 Å². The van der Waals surface area contributed by atoms with Crippen LogP contribution in [0.1, 0.15) is 16.1 Å². The summed E-state index contributed by atoms with van der Waals surface area (Å²) in [6.07, 6.45) is 1.47. The summed E-state index contributed by atoms with van der Waals surface area (Å²) in [7, 11) is 0. The minimum atomic E-state index is -1.08. The molecule has 0 saturated carbocycles. The zero-order chi connectivity index (χ0) is 13.8. The van der Waals surface area contributed by atoms with Crippen molar-refractivity contribution in [3.63, 3.8) is 0 Å². The van der Waals surface area contributed by atoms with Gasteiger partial charge in [-0.25, -0.2) is 9.78 Å². The highest BCUT2D eigenvalue weighted by Gasteiger charge is 2.11. The van der Waals surface area contributed by atoms with E-state index in [2.05, 4.69) is 4.98 Å². The molecule has 0 aliphatic carbocycles. The molecule has 0 unspecified atom stereocenters. The number of pyridine rings is 1. The molecule has 0 radical (unpaired) electrons. The molecule has 0 fully saturated rings. The van der Waals surface area contributed by atoms with Crippen molar-refractivity contribution in [2.24, 2.45) is 0 Å². The van der Waals surface area contributed by atoms with Crippen LogP contribution in [0.15, 0.2) is 36.5 Å². The Bertz CT molecular complexity index is 680. The minimum absolute atomic E-state index is 0.0593. The van der Waals surface area contributed by atoms with E-state index in [0.29, 0.717) is 0 Å². The maximum atomic E-state index is 10.8. The van der Waals surface area contributed by atoms with Gasteiger partial charge in [0.1, 0.15) is 11.8 Å². The first-order chi connectivity index (χ1) is 9.11. The lowest BCUT2D eigenvalue weighted by atomic mass is 10.2. The number of nitrogens with zero attached hydrogens (tertiary/aromatic N) is 2. The SMILES string of the molecule is N#Cc1ncccc1Oc1ccc(C(=O)O)cc1Cl. The molecule has 0 aliphatic rings. The van der Waals surface area contributed by atoms with Crippen molar-refractivity contribution >= 4 is 17.6 Å². The van der Waals surface area contributed by atoms with E-state index in [-0.39, 0.29) is 27.8 Å². The molecule has 0 spiro atoms. The molecule has 1 heterocycles. The van der Waals surface area contributed by atoms with E-state index in [0.717, 1.165) is 0 Å². The highest BCUT2D eigenvalue weighted by atomic mass is 35.5. The Balaban J connectivity index is 2.34. The number of aromatic carboxylic acids is 1. The summed E-state index contributed by atoms with van der Waals surface area (Å²) in [4.78, 5) is 14.6. The van der Waals surface area contributed by atoms with Crippen LogP contribution in [0.4, 0.5) is 0 Å². The van der Waals surface area contributed by atoms with E-state index >= 15 is 0 Å². The summed E-state index contributed by atoms with van der Waals surface area (Å²) in [5, 5.41) is 17.8. The van der Waals surface area contributed by atoms with Gasteiger partial charge in [0.05, 0.1) is 10.6 Å². The number of rotatable bonds is 3. The second-order valence-electron chi connectivity index (χ2n) is 3.51. The van der Waals surface area contributed by atoms with E-state index in [9.17, 15) is 4.79 Å². The molecule has 0 aliphatic heterocycles. The maximum Gasteiger partial charge on any atom is 0.335 e. The second kappa shape index (κ2) is 5.38.